The molecule has 0 spiro atoms. The number of alkyl halides is 3. The summed E-state index contributed by atoms with van der Waals surface area (Å²) < 4.78 is 48.9. The molecule has 1 aromatic rings. The highest BCUT2D eigenvalue weighted by Crippen LogP contribution is 2.31. The molecule has 1 aromatic carbocycles. The molecule has 78 valence electrons. The smallest absolute Gasteiger partial charge is 0.396 e. The van der Waals surface area contributed by atoms with E-state index in [1.807, 2.05) is 0 Å². The molecule has 1 atom stereocenters. The lowest BCUT2D eigenvalue weighted by Crippen LogP contribution is -2.28. The Morgan fingerprint density at radius 3 is 2.21 bits per heavy atom. The maximum atomic E-state index is 12.6. The Morgan fingerprint density at radius 2 is 1.79 bits per heavy atom. The monoisotopic (exact) mass is 208 g/mol. The highest BCUT2D eigenvalue weighted by atomic mass is 19.4. The summed E-state index contributed by atoms with van der Waals surface area (Å²) in [5.74, 6) is -0.761. The van der Waals surface area contributed by atoms with E-state index in [1.165, 1.54) is 0 Å². The molecule has 4 N–H and O–H groups in total. The number of hydrogen-bond acceptors (Lipinski definition) is 2. The van der Waals surface area contributed by atoms with Gasteiger partial charge in [0.15, 0.2) is 0 Å². The maximum absolute atomic E-state index is 12.6. The van der Waals surface area contributed by atoms with Gasteiger partial charge in [0.1, 0.15) is 11.9 Å². The third-order valence-corrected chi connectivity index (χ3v) is 1.73. The Balaban J connectivity index is 3.03. The number of halogens is 4. The molecule has 0 radical (unpaired) electrons. The minimum absolute atomic E-state index is 0.253. The molecule has 0 aromatic heterocycles. The van der Waals surface area contributed by atoms with E-state index in [2.05, 4.69) is 0 Å². The summed E-state index contributed by atoms with van der Waals surface area (Å²) in [5, 5.41) is 0. The first-order valence-corrected chi connectivity index (χ1v) is 3.69. The van der Waals surface area contributed by atoms with Gasteiger partial charge in [0.05, 0.1) is 5.69 Å². The molecule has 0 amide bonds. The molecule has 0 fully saturated rings. The number of rotatable bonds is 1. The Kier molecular flexibility index (Phi) is 2.66. The highest BCUT2D eigenvalue weighted by molar-refractivity contribution is 5.43. The highest BCUT2D eigenvalue weighted by Gasteiger charge is 2.37. The Labute approximate surface area is 77.5 Å². The molecule has 0 aliphatic carbocycles. The van der Waals surface area contributed by atoms with E-state index in [0.29, 0.717) is 0 Å². The van der Waals surface area contributed by atoms with Gasteiger partial charge < -0.3 is 11.5 Å². The predicted molar refractivity (Wildman–Crippen MR) is 43.8 cm³/mol. The van der Waals surface area contributed by atoms with Gasteiger partial charge in [-0.3, -0.25) is 0 Å². The lowest BCUT2D eigenvalue weighted by Gasteiger charge is -2.16. The molecule has 0 aliphatic heterocycles. The van der Waals surface area contributed by atoms with Crippen molar-refractivity contribution in [2.45, 2.75) is 12.2 Å². The average molecular weight is 208 g/mol. The zero-order chi connectivity index (χ0) is 10.9. The molecule has 2 nitrogen and oxygen atoms in total. The van der Waals surface area contributed by atoms with E-state index in [4.69, 9.17) is 11.5 Å². The topological polar surface area (TPSA) is 52.0 Å². The predicted octanol–water partition coefficient (Wildman–Crippen LogP) is 1.97. The van der Waals surface area contributed by atoms with Crippen molar-refractivity contribution >= 4 is 5.69 Å². The van der Waals surface area contributed by atoms with Crippen molar-refractivity contribution in [1.29, 1.82) is 0 Å². The standard InChI is InChI=1S/C8H8F4N2/c9-5-2-1-4(3-6(5)13)7(14)8(10,11)12/h1-3,7H,13-14H2/t7-/m0/s1. The number of anilines is 1. The number of nitrogen functional groups attached to an aromatic ring is 1. The van der Waals surface area contributed by atoms with Crippen LogP contribution in [0.1, 0.15) is 11.6 Å². The summed E-state index contributed by atoms with van der Waals surface area (Å²) in [6.07, 6.45) is -4.55. The molecule has 6 heteroatoms. The first-order valence-electron chi connectivity index (χ1n) is 3.69. The van der Waals surface area contributed by atoms with E-state index >= 15 is 0 Å². The van der Waals surface area contributed by atoms with Crippen LogP contribution in [0.3, 0.4) is 0 Å². The Hall–Kier alpha value is -1.30. The molecule has 0 saturated heterocycles. The second-order valence-electron chi connectivity index (χ2n) is 2.80. The fraction of sp³-hybridized carbons (Fsp3) is 0.250. The summed E-state index contributed by atoms with van der Waals surface area (Å²) in [7, 11) is 0. The van der Waals surface area contributed by atoms with Crippen molar-refractivity contribution in [2.75, 3.05) is 5.73 Å². The quantitative estimate of drug-likeness (QED) is 0.547. The third-order valence-electron chi connectivity index (χ3n) is 1.73. The molecular formula is C8H8F4N2. The number of benzene rings is 1. The molecule has 0 aliphatic rings. The number of nitrogens with two attached hydrogens (primary N) is 2. The summed E-state index contributed by atoms with van der Waals surface area (Å²) in [5.41, 5.74) is 9.39. The average Bonchev–Trinajstić information content (AvgIpc) is 2.07. The van der Waals surface area contributed by atoms with E-state index in [0.717, 1.165) is 18.2 Å². The fourth-order valence-electron chi connectivity index (χ4n) is 0.945. The van der Waals surface area contributed by atoms with Crippen molar-refractivity contribution in [1.82, 2.24) is 0 Å². The third kappa shape index (κ3) is 2.14. The van der Waals surface area contributed by atoms with Crippen LogP contribution < -0.4 is 11.5 Å². The van der Waals surface area contributed by atoms with Gasteiger partial charge in [-0.15, -0.1) is 0 Å². The lowest BCUT2D eigenvalue weighted by atomic mass is 10.1. The maximum Gasteiger partial charge on any atom is 0.407 e. The van der Waals surface area contributed by atoms with Crippen molar-refractivity contribution in [3.63, 3.8) is 0 Å². The van der Waals surface area contributed by atoms with Gasteiger partial charge in [-0.1, -0.05) is 6.07 Å². The second kappa shape index (κ2) is 3.45. The van der Waals surface area contributed by atoms with Crippen molar-refractivity contribution in [3.8, 4) is 0 Å². The van der Waals surface area contributed by atoms with Crippen molar-refractivity contribution in [3.05, 3.63) is 29.6 Å². The number of hydrogen-bond donors (Lipinski definition) is 2. The van der Waals surface area contributed by atoms with E-state index < -0.39 is 18.0 Å². The molecule has 0 saturated carbocycles. The van der Waals surface area contributed by atoms with Crippen LogP contribution in [0.4, 0.5) is 23.2 Å². The van der Waals surface area contributed by atoms with Crippen LogP contribution in [0.25, 0.3) is 0 Å². The van der Waals surface area contributed by atoms with Crippen LogP contribution in [-0.4, -0.2) is 6.18 Å². The van der Waals surface area contributed by atoms with Crippen LogP contribution >= 0.6 is 0 Å². The van der Waals surface area contributed by atoms with Crippen LogP contribution in [0.5, 0.6) is 0 Å². The first kappa shape index (κ1) is 10.8. The largest absolute Gasteiger partial charge is 0.407 e. The fourth-order valence-corrected chi connectivity index (χ4v) is 0.945. The Morgan fingerprint density at radius 1 is 1.21 bits per heavy atom. The van der Waals surface area contributed by atoms with Crippen molar-refractivity contribution < 1.29 is 17.6 Å². The van der Waals surface area contributed by atoms with Crippen molar-refractivity contribution in [2.24, 2.45) is 5.73 Å². The minimum Gasteiger partial charge on any atom is -0.396 e. The molecule has 0 bridgehead atoms. The second-order valence-corrected chi connectivity index (χ2v) is 2.80. The zero-order valence-electron chi connectivity index (χ0n) is 6.98. The molecule has 0 heterocycles. The van der Waals surface area contributed by atoms with Gasteiger partial charge >= 0.3 is 6.18 Å². The van der Waals surface area contributed by atoms with Gasteiger partial charge in [0.25, 0.3) is 0 Å². The molecule has 14 heavy (non-hydrogen) atoms. The summed E-state index contributed by atoms with van der Waals surface area (Å²) in [4.78, 5) is 0. The SMILES string of the molecule is Nc1cc([C@H](N)C(F)(F)F)ccc1F. The summed E-state index contributed by atoms with van der Waals surface area (Å²) in [6.45, 7) is 0. The van der Waals surface area contributed by atoms with Gasteiger partial charge in [0, 0.05) is 0 Å². The van der Waals surface area contributed by atoms with Crippen LogP contribution in [-0.2, 0) is 0 Å². The zero-order valence-corrected chi connectivity index (χ0v) is 6.98. The summed E-state index contributed by atoms with van der Waals surface area (Å²) in [6, 6.07) is 0.568. The van der Waals surface area contributed by atoms with E-state index in [1.54, 1.807) is 0 Å². The normalized spacial score (nSPS) is 14.1. The first-order chi connectivity index (χ1) is 6.32. The van der Waals surface area contributed by atoms with Crippen LogP contribution in [0.15, 0.2) is 18.2 Å². The molecular weight excluding hydrogens is 200 g/mol. The van der Waals surface area contributed by atoms with E-state index in [-0.39, 0.29) is 11.3 Å². The minimum atomic E-state index is -4.55. The van der Waals surface area contributed by atoms with Gasteiger partial charge in [0.2, 0.25) is 0 Å². The van der Waals surface area contributed by atoms with Crippen LogP contribution in [0.2, 0.25) is 0 Å². The van der Waals surface area contributed by atoms with Gasteiger partial charge in [-0.25, -0.2) is 4.39 Å². The lowest BCUT2D eigenvalue weighted by molar-refractivity contribution is -0.149. The van der Waals surface area contributed by atoms with Gasteiger partial charge in [-0.05, 0) is 17.7 Å². The Bertz CT molecular complexity index is 335. The molecule has 1 rings (SSSR count). The van der Waals surface area contributed by atoms with E-state index in [9.17, 15) is 17.6 Å². The summed E-state index contributed by atoms with van der Waals surface area (Å²) >= 11 is 0. The van der Waals surface area contributed by atoms with Crippen LogP contribution in [0, 0.1) is 5.82 Å². The van der Waals surface area contributed by atoms with Gasteiger partial charge in [-0.2, -0.15) is 13.2 Å². The molecule has 0 unspecified atom stereocenters.